The lowest BCUT2D eigenvalue weighted by molar-refractivity contribution is -0.151. The van der Waals surface area contributed by atoms with E-state index in [1.807, 2.05) is 19.1 Å². The molecule has 1 aliphatic heterocycles. The lowest BCUT2D eigenvalue weighted by Crippen LogP contribution is -2.28. The van der Waals surface area contributed by atoms with E-state index in [1.165, 1.54) is 29.2 Å². The van der Waals surface area contributed by atoms with Gasteiger partial charge in [-0.05, 0) is 64.8 Å². The first-order chi connectivity index (χ1) is 13.3. The maximum atomic E-state index is 13.0. The van der Waals surface area contributed by atoms with Crippen LogP contribution in [0.2, 0.25) is 0 Å². The molecular formula is C20H18BrFN2O4. The smallest absolute Gasteiger partial charge is 0.311 e. The number of aryl methyl sites for hydroxylation is 1. The summed E-state index contributed by atoms with van der Waals surface area (Å²) in [5.41, 5.74) is 2.13. The van der Waals surface area contributed by atoms with Gasteiger partial charge in [0.05, 0.1) is 11.6 Å². The Hall–Kier alpha value is -2.74. The second kappa shape index (κ2) is 8.52. The maximum Gasteiger partial charge on any atom is 0.311 e. The predicted octanol–water partition coefficient (Wildman–Crippen LogP) is 3.43. The van der Waals surface area contributed by atoms with E-state index < -0.39 is 30.2 Å². The molecule has 2 aromatic rings. The van der Waals surface area contributed by atoms with Crippen LogP contribution in [0.15, 0.2) is 46.9 Å². The molecule has 8 heteroatoms. The molecule has 2 amide bonds. The van der Waals surface area contributed by atoms with E-state index in [2.05, 4.69) is 21.2 Å². The van der Waals surface area contributed by atoms with Gasteiger partial charge in [0, 0.05) is 23.1 Å². The van der Waals surface area contributed by atoms with Gasteiger partial charge in [0.1, 0.15) is 5.82 Å². The number of hydrogen-bond donors (Lipinski definition) is 1. The van der Waals surface area contributed by atoms with Crippen molar-refractivity contribution in [1.82, 2.24) is 0 Å². The average molecular weight is 449 g/mol. The zero-order valence-electron chi connectivity index (χ0n) is 15.1. The monoisotopic (exact) mass is 448 g/mol. The predicted molar refractivity (Wildman–Crippen MR) is 105 cm³/mol. The summed E-state index contributed by atoms with van der Waals surface area (Å²) in [5, 5.41) is 2.66. The summed E-state index contributed by atoms with van der Waals surface area (Å²) in [6.07, 6.45) is -0.0126. The van der Waals surface area contributed by atoms with E-state index >= 15 is 0 Å². The summed E-state index contributed by atoms with van der Waals surface area (Å²) < 4.78 is 18.8. The van der Waals surface area contributed by atoms with Crippen LogP contribution in [0.4, 0.5) is 15.8 Å². The van der Waals surface area contributed by atoms with Crippen LogP contribution in [0.1, 0.15) is 12.0 Å². The fourth-order valence-corrected chi connectivity index (χ4v) is 3.49. The third kappa shape index (κ3) is 4.75. The zero-order valence-corrected chi connectivity index (χ0v) is 16.7. The highest BCUT2D eigenvalue weighted by Crippen LogP contribution is 2.26. The molecule has 1 unspecified atom stereocenters. The fourth-order valence-electron chi connectivity index (χ4n) is 2.90. The molecule has 1 saturated heterocycles. The molecule has 0 spiro atoms. The van der Waals surface area contributed by atoms with Gasteiger partial charge in [-0.1, -0.05) is 6.07 Å². The molecule has 1 atom stereocenters. The van der Waals surface area contributed by atoms with Crippen molar-refractivity contribution < 1.29 is 23.5 Å². The number of benzene rings is 2. The highest BCUT2D eigenvalue weighted by atomic mass is 79.9. The second-order valence-electron chi connectivity index (χ2n) is 6.52. The molecule has 3 rings (SSSR count). The van der Waals surface area contributed by atoms with E-state index in [0.29, 0.717) is 11.4 Å². The third-order valence-electron chi connectivity index (χ3n) is 4.34. The molecule has 0 saturated carbocycles. The molecule has 6 nitrogen and oxygen atoms in total. The molecule has 146 valence electrons. The van der Waals surface area contributed by atoms with Crippen LogP contribution in [-0.4, -0.2) is 30.9 Å². The van der Waals surface area contributed by atoms with Gasteiger partial charge in [-0.15, -0.1) is 0 Å². The lowest BCUT2D eigenvalue weighted by Gasteiger charge is -2.16. The standard InChI is InChI=1S/C20H18BrFN2O4/c1-12-2-7-17(16(21)8-12)23-18(25)11-28-20(27)13-9-19(26)24(10-13)15-5-3-14(22)4-6-15/h2-8,13H,9-11H2,1H3,(H,23,25). The van der Waals surface area contributed by atoms with Crippen LogP contribution in [0, 0.1) is 18.7 Å². The molecular weight excluding hydrogens is 431 g/mol. The Bertz CT molecular complexity index is 917. The Morgan fingerprint density at radius 3 is 2.64 bits per heavy atom. The molecule has 0 aromatic heterocycles. The molecule has 1 aliphatic rings. The summed E-state index contributed by atoms with van der Waals surface area (Å²) in [4.78, 5) is 37.8. The first-order valence-corrected chi connectivity index (χ1v) is 9.41. The van der Waals surface area contributed by atoms with Gasteiger partial charge in [0.2, 0.25) is 5.91 Å². The van der Waals surface area contributed by atoms with E-state index in [-0.39, 0.29) is 18.9 Å². The SMILES string of the molecule is Cc1ccc(NC(=O)COC(=O)C2CC(=O)N(c3ccc(F)cc3)C2)c(Br)c1. The van der Waals surface area contributed by atoms with Gasteiger partial charge in [-0.3, -0.25) is 14.4 Å². The van der Waals surface area contributed by atoms with E-state index in [1.54, 1.807) is 6.07 Å². The molecule has 0 bridgehead atoms. The van der Waals surface area contributed by atoms with Crippen LogP contribution in [0.5, 0.6) is 0 Å². The normalized spacial score (nSPS) is 16.2. The zero-order chi connectivity index (χ0) is 20.3. The Balaban J connectivity index is 1.53. The first-order valence-electron chi connectivity index (χ1n) is 8.62. The van der Waals surface area contributed by atoms with Gasteiger partial charge in [-0.2, -0.15) is 0 Å². The number of carbonyl (C=O) groups excluding carboxylic acids is 3. The number of anilines is 2. The van der Waals surface area contributed by atoms with Gasteiger partial charge < -0.3 is 15.0 Å². The second-order valence-corrected chi connectivity index (χ2v) is 7.38. The minimum atomic E-state index is -0.670. The summed E-state index contributed by atoms with van der Waals surface area (Å²) in [5.74, 6) is -2.41. The number of hydrogen-bond acceptors (Lipinski definition) is 4. The largest absolute Gasteiger partial charge is 0.455 e. The number of rotatable bonds is 5. The highest BCUT2D eigenvalue weighted by Gasteiger charge is 2.36. The van der Waals surface area contributed by atoms with Crippen LogP contribution in [-0.2, 0) is 19.1 Å². The molecule has 0 aliphatic carbocycles. The van der Waals surface area contributed by atoms with Crippen LogP contribution in [0.25, 0.3) is 0 Å². The molecule has 28 heavy (non-hydrogen) atoms. The van der Waals surface area contributed by atoms with Crippen molar-refractivity contribution in [3.63, 3.8) is 0 Å². The number of ether oxygens (including phenoxy) is 1. The first kappa shape index (κ1) is 20.0. The van der Waals surface area contributed by atoms with Crippen molar-refractivity contribution >= 4 is 45.1 Å². The third-order valence-corrected chi connectivity index (χ3v) is 5.00. The number of nitrogens with one attached hydrogen (secondary N) is 1. The van der Waals surface area contributed by atoms with Gasteiger partial charge >= 0.3 is 5.97 Å². The van der Waals surface area contributed by atoms with E-state index in [4.69, 9.17) is 4.74 Å². The minimum Gasteiger partial charge on any atom is -0.455 e. The summed E-state index contributed by atoms with van der Waals surface area (Å²) >= 11 is 3.36. The fraction of sp³-hybridized carbons (Fsp3) is 0.250. The Morgan fingerprint density at radius 1 is 1.25 bits per heavy atom. The molecule has 1 N–H and O–H groups in total. The van der Waals surface area contributed by atoms with Crippen molar-refractivity contribution in [3.05, 3.63) is 58.3 Å². The van der Waals surface area contributed by atoms with E-state index in [0.717, 1.165) is 10.0 Å². The van der Waals surface area contributed by atoms with Gasteiger partial charge in [-0.25, -0.2) is 4.39 Å². The average Bonchev–Trinajstić information content (AvgIpc) is 3.04. The Kier molecular flexibility index (Phi) is 6.08. The van der Waals surface area contributed by atoms with Crippen molar-refractivity contribution in [2.45, 2.75) is 13.3 Å². The van der Waals surface area contributed by atoms with Crippen molar-refractivity contribution in [1.29, 1.82) is 0 Å². The lowest BCUT2D eigenvalue weighted by atomic mass is 10.1. The number of halogens is 2. The minimum absolute atomic E-state index is 0.0126. The van der Waals surface area contributed by atoms with Crippen molar-refractivity contribution in [2.75, 3.05) is 23.4 Å². The van der Waals surface area contributed by atoms with Crippen LogP contribution < -0.4 is 10.2 Å². The van der Waals surface area contributed by atoms with Crippen LogP contribution >= 0.6 is 15.9 Å². The number of esters is 1. The highest BCUT2D eigenvalue weighted by molar-refractivity contribution is 9.10. The van der Waals surface area contributed by atoms with Crippen molar-refractivity contribution in [3.8, 4) is 0 Å². The van der Waals surface area contributed by atoms with Crippen LogP contribution in [0.3, 0.4) is 0 Å². The molecule has 1 fully saturated rings. The summed E-state index contributed by atoms with van der Waals surface area (Å²) in [6, 6.07) is 10.9. The van der Waals surface area contributed by atoms with Gasteiger partial charge in [0.15, 0.2) is 6.61 Å². The maximum absolute atomic E-state index is 13.0. The van der Waals surface area contributed by atoms with E-state index in [9.17, 15) is 18.8 Å². The Morgan fingerprint density at radius 2 is 1.96 bits per heavy atom. The molecule has 1 heterocycles. The summed E-state index contributed by atoms with van der Waals surface area (Å²) in [7, 11) is 0. The quantitative estimate of drug-likeness (QED) is 0.710. The number of carbonyl (C=O) groups is 3. The molecule has 0 radical (unpaired) electrons. The Labute approximate surface area is 169 Å². The number of nitrogens with zero attached hydrogens (tertiary/aromatic N) is 1. The summed E-state index contributed by atoms with van der Waals surface area (Å²) in [6.45, 7) is 1.62. The number of amides is 2. The topological polar surface area (TPSA) is 75.7 Å². The van der Waals surface area contributed by atoms with Gasteiger partial charge in [0.25, 0.3) is 5.91 Å². The molecule has 2 aromatic carbocycles. The van der Waals surface area contributed by atoms with Crippen molar-refractivity contribution in [2.24, 2.45) is 5.92 Å².